The summed E-state index contributed by atoms with van der Waals surface area (Å²) < 4.78 is 31.9. The summed E-state index contributed by atoms with van der Waals surface area (Å²) >= 11 is 0. The zero-order valence-corrected chi connectivity index (χ0v) is 15.9. The number of hydrogen-bond acceptors (Lipinski definition) is 3. The minimum Gasteiger partial charge on any atom is -0.444 e. The molecule has 0 radical (unpaired) electrons. The molecular weight excluding hydrogens is 342 g/mol. The first-order valence-electron chi connectivity index (χ1n) is 8.70. The van der Waals surface area contributed by atoms with E-state index in [0.29, 0.717) is 24.9 Å². The summed E-state index contributed by atoms with van der Waals surface area (Å²) in [5.41, 5.74) is -1.26. The normalized spacial score (nSPS) is 21.4. The van der Waals surface area contributed by atoms with Gasteiger partial charge in [0.1, 0.15) is 11.1 Å². The Morgan fingerprint density at radius 1 is 1.27 bits per heavy atom. The molecule has 0 spiro atoms. The number of nitrogens with zero attached hydrogens (tertiary/aromatic N) is 1. The van der Waals surface area contributed by atoms with Gasteiger partial charge in [-0.1, -0.05) is 6.07 Å². The van der Waals surface area contributed by atoms with Gasteiger partial charge < -0.3 is 10.1 Å². The molecule has 0 bridgehead atoms. The molecule has 5 nitrogen and oxygen atoms in total. The second-order valence-electron chi connectivity index (χ2n) is 7.88. The van der Waals surface area contributed by atoms with E-state index in [9.17, 15) is 18.4 Å². The smallest absolute Gasteiger partial charge is 0.411 e. The topological polar surface area (TPSA) is 58.6 Å². The summed E-state index contributed by atoms with van der Waals surface area (Å²) in [6.07, 6.45) is 0.652. The maximum atomic E-state index is 13.4. The molecule has 1 heterocycles. The predicted octanol–water partition coefficient (Wildman–Crippen LogP) is 3.93. The molecule has 1 saturated heterocycles. The molecule has 26 heavy (non-hydrogen) atoms. The van der Waals surface area contributed by atoms with E-state index in [1.807, 2.05) is 0 Å². The fraction of sp³-hybridized carbons (Fsp3) is 0.579. The number of ether oxygens (including phenoxy) is 1. The summed E-state index contributed by atoms with van der Waals surface area (Å²) in [6.45, 7) is 9.10. The number of halogens is 2. The van der Waals surface area contributed by atoms with E-state index in [1.165, 1.54) is 11.0 Å². The molecule has 0 unspecified atom stereocenters. The molecule has 1 aromatic rings. The lowest BCUT2D eigenvalue weighted by Gasteiger charge is -2.35. The highest BCUT2D eigenvalue weighted by atomic mass is 19.2. The standard InChI is InChI=1S/C19H26F2N2O3/c1-12(13-7-8-14(20)15(21)11-13)22-16(24)19(5)9-6-10-23(19)17(25)26-18(2,3)4/h7-8,11-12H,6,9-10H2,1-5H3,(H,22,24)/t12-,19+/m1/s1. The van der Waals surface area contributed by atoms with Gasteiger partial charge in [-0.2, -0.15) is 0 Å². The van der Waals surface area contributed by atoms with E-state index in [4.69, 9.17) is 4.74 Å². The van der Waals surface area contributed by atoms with Crippen molar-refractivity contribution in [3.05, 3.63) is 35.4 Å². The van der Waals surface area contributed by atoms with E-state index < -0.39 is 34.9 Å². The third-order valence-corrected chi connectivity index (χ3v) is 4.54. The largest absolute Gasteiger partial charge is 0.444 e. The minimum absolute atomic E-state index is 0.349. The summed E-state index contributed by atoms with van der Waals surface area (Å²) in [6, 6.07) is 2.97. The van der Waals surface area contributed by atoms with Gasteiger partial charge in [-0.25, -0.2) is 13.6 Å². The van der Waals surface area contributed by atoms with Crippen molar-refractivity contribution >= 4 is 12.0 Å². The van der Waals surface area contributed by atoms with Crippen LogP contribution < -0.4 is 5.32 Å². The average Bonchev–Trinajstić information content (AvgIpc) is 2.91. The highest BCUT2D eigenvalue weighted by Gasteiger charge is 2.47. The fourth-order valence-corrected chi connectivity index (χ4v) is 3.03. The molecule has 1 fully saturated rings. The van der Waals surface area contributed by atoms with E-state index in [0.717, 1.165) is 12.1 Å². The van der Waals surface area contributed by atoms with Gasteiger partial charge in [0, 0.05) is 6.54 Å². The van der Waals surface area contributed by atoms with Crippen molar-refractivity contribution < 1.29 is 23.1 Å². The van der Waals surface area contributed by atoms with Gasteiger partial charge in [0.2, 0.25) is 5.91 Å². The van der Waals surface area contributed by atoms with Crippen molar-refractivity contribution in [2.24, 2.45) is 0 Å². The van der Waals surface area contributed by atoms with Crippen LogP contribution in [0.15, 0.2) is 18.2 Å². The number of hydrogen-bond donors (Lipinski definition) is 1. The first-order valence-corrected chi connectivity index (χ1v) is 8.70. The van der Waals surface area contributed by atoms with Gasteiger partial charge in [-0.15, -0.1) is 0 Å². The SMILES string of the molecule is C[C@@H](NC(=O)[C@]1(C)CCCN1C(=O)OC(C)(C)C)c1ccc(F)c(F)c1. The van der Waals surface area contributed by atoms with E-state index in [-0.39, 0.29) is 5.91 Å². The summed E-state index contributed by atoms with van der Waals surface area (Å²) in [5.74, 6) is -2.25. The molecule has 144 valence electrons. The molecule has 1 aliphatic rings. The highest BCUT2D eigenvalue weighted by Crippen LogP contribution is 2.31. The quantitative estimate of drug-likeness (QED) is 0.879. The van der Waals surface area contributed by atoms with Crippen molar-refractivity contribution in [3.8, 4) is 0 Å². The van der Waals surface area contributed by atoms with Crippen molar-refractivity contribution in [1.29, 1.82) is 0 Å². The van der Waals surface area contributed by atoms with Gasteiger partial charge in [0.25, 0.3) is 0 Å². The lowest BCUT2D eigenvalue weighted by molar-refractivity contribution is -0.131. The van der Waals surface area contributed by atoms with Crippen LogP contribution in [0.4, 0.5) is 13.6 Å². The molecule has 1 aromatic carbocycles. The van der Waals surface area contributed by atoms with Crippen LogP contribution in [-0.2, 0) is 9.53 Å². The molecule has 2 amide bonds. The summed E-state index contributed by atoms with van der Waals surface area (Å²) in [7, 11) is 0. The summed E-state index contributed by atoms with van der Waals surface area (Å²) in [5, 5.41) is 2.80. The first kappa shape index (κ1) is 20.1. The van der Waals surface area contributed by atoms with Gasteiger partial charge >= 0.3 is 6.09 Å². The van der Waals surface area contributed by atoms with Crippen LogP contribution in [0.25, 0.3) is 0 Å². The minimum atomic E-state index is -1.05. The first-order chi connectivity index (χ1) is 11.9. The number of amides is 2. The van der Waals surface area contributed by atoms with Crippen LogP contribution in [0, 0.1) is 11.6 Å². The van der Waals surface area contributed by atoms with Crippen LogP contribution in [-0.4, -0.2) is 34.6 Å². The van der Waals surface area contributed by atoms with Crippen LogP contribution in [0.2, 0.25) is 0 Å². The molecule has 1 N–H and O–H groups in total. The van der Waals surface area contributed by atoms with E-state index in [1.54, 1.807) is 34.6 Å². The summed E-state index contributed by atoms with van der Waals surface area (Å²) in [4.78, 5) is 26.7. The average molecular weight is 368 g/mol. The van der Waals surface area contributed by atoms with Crippen LogP contribution >= 0.6 is 0 Å². The number of likely N-dealkylation sites (tertiary alicyclic amines) is 1. The number of carbonyl (C=O) groups is 2. The molecule has 0 aliphatic carbocycles. The lowest BCUT2D eigenvalue weighted by atomic mass is 9.96. The fourth-order valence-electron chi connectivity index (χ4n) is 3.03. The Morgan fingerprint density at radius 3 is 2.50 bits per heavy atom. The van der Waals surface area contributed by atoms with Crippen LogP contribution in [0.1, 0.15) is 59.1 Å². The number of rotatable bonds is 3. The van der Waals surface area contributed by atoms with E-state index >= 15 is 0 Å². The third kappa shape index (κ3) is 4.31. The Morgan fingerprint density at radius 2 is 1.92 bits per heavy atom. The maximum absolute atomic E-state index is 13.4. The second-order valence-corrected chi connectivity index (χ2v) is 7.88. The number of carbonyl (C=O) groups excluding carboxylic acids is 2. The lowest BCUT2D eigenvalue weighted by Crippen LogP contribution is -2.56. The van der Waals surface area contributed by atoms with Crippen molar-refractivity contribution in [1.82, 2.24) is 10.2 Å². The molecule has 0 aromatic heterocycles. The monoisotopic (exact) mass is 368 g/mol. The van der Waals surface area contributed by atoms with Crippen molar-refractivity contribution in [2.75, 3.05) is 6.54 Å². The van der Waals surface area contributed by atoms with Crippen molar-refractivity contribution in [3.63, 3.8) is 0 Å². The Kier molecular flexibility index (Phi) is 5.58. The van der Waals surface area contributed by atoms with E-state index in [2.05, 4.69) is 5.32 Å². The molecule has 2 atom stereocenters. The Labute approximate surface area is 152 Å². The molecule has 7 heteroatoms. The zero-order valence-electron chi connectivity index (χ0n) is 15.9. The molecule has 1 aliphatic heterocycles. The molecular formula is C19H26F2N2O3. The molecule has 2 rings (SSSR count). The maximum Gasteiger partial charge on any atom is 0.411 e. The van der Waals surface area contributed by atoms with Gasteiger partial charge in [0.15, 0.2) is 11.6 Å². The molecule has 0 saturated carbocycles. The number of benzene rings is 1. The Balaban J connectivity index is 2.13. The number of nitrogens with one attached hydrogen (secondary N) is 1. The van der Waals surface area contributed by atoms with Gasteiger partial charge in [-0.05, 0) is 65.2 Å². The van der Waals surface area contributed by atoms with Crippen LogP contribution in [0.3, 0.4) is 0 Å². The van der Waals surface area contributed by atoms with Gasteiger partial charge in [-0.3, -0.25) is 9.69 Å². The van der Waals surface area contributed by atoms with Crippen LogP contribution in [0.5, 0.6) is 0 Å². The third-order valence-electron chi connectivity index (χ3n) is 4.54. The zero-order chi connectivity index (χ0) is 19.7. The van der Waals surface area contributed by atoms with Crippen molar-refractivity contribution in [2.45, 2.75) is 64.6 Å². The Hall–Kier alpha value is -2.18. The second kappa shape index (κ2) is 7.21. The Bertz CT molecular complexity index is 703. The van der Waals surface area contributed by atoms with Gasteiger partial charge in [0.05, 0.1) is 6.04 Å². The predicted molar refractivity (Wildman–Crippen MR) is 93.5 cm³/mol. The highest BCUT2D eigenvalue weighted by molar-refractivity contribution is 5.90.